The Labute approximate surface area is 182 Å². The second-order valence-corrected chi connectivity index (χ2v) is 7.16. The van der Waals surface area contributed by atoms with Crippen molar-refractivity contribution in [3.63, 3.8) is 0 Å². The van der Waals surface area contributed by atoms with Gasteiger partial charge < -0.3 is 20.5 Å². The van der Waals surface area contributed by atoms with Crippen LogP contribution in [0.5, 0.6) is 11.5 Å². The molecule has 0 bridgehead atoms. The van der Waals surface area contributed by atoms with Gasteiger partial charge in [-0.05, 0) is 37.9 Å². The van der Waals surface area contributed by atoms with Crippen molar-refractivity contribution in [2.24, 2.45) is 0 Å². The molecule has 3 aromatic heterocycles. The molecule has 9 heteroatoms. The van der Waals surface area contributed by atoms with Crippen molar-refractivity contribution < 1.29 is 13.9 Å². The Morgan fingerprint density at radius 2 is 1.87 bits per heavy atom. The van der Waals surface area contributed by atoms with Crippen LogP contribution in [-0.4, -0.2) is 53.1 Å². The van der Waals surface area contributed by atoms with Crippen LogP contribution in [0.4, 0.5) is 10.2 Å². The highest BCUT2D eigenvalue weighted by molar-refractivity contribution is 5.64. The van der Waals surface area contributed by atoms with Crippen molar-refractivity contribution in [2.75, 3.05) is 33.0 Å². The van der Waals surface area contributed by atoms with E-state index < -0.39 is 6.17 Å². The largest absolute Gasteiger partial charge is 0.495 e. The molecule has 4 heterocycles. The number of fused-ring (bicyclic) bond motifs is 1. The van der Waals surface area contributed by atoms with E-state index >= 15 is 0 Å². The Kier molecular flexibility index (Phi) is 7.62. The zero-order chi connectivity index (χ0) is 22.4. The normalized spacial score (nSPS) is 17.4. The molecule has 0 aromatic carbocycles. The van der Waals surface area contributed by atoms with Gasteiger partial charge in [-0.1, -0.05) is 13.8 Å². The van der Waals surface area contributed by atoms with Crippen LogP contribution in [0.3, 0.4) is 0 Å². The van der Waals surface area contributed by atoms with Crippen LogP contribution < -0.4 is 20.5 Å². The van der Waals surface area contributed by atoms with Crippen LogP contribution in [0.15, 0.2) is 24.4 Å². The topological polar surface area (TPSA) is 99.6 Å². The van der Waals surface area contributed by atoms with Gasteiger partial charge in [0, 0.05) is 18.5 Å². The van der Waals surface area contributed by atoms with Gasteiger partial charge in [0.05, 0.1) is 26.1 Å². The fourth-order valence-corrected chi connectivity index (χ4v) is 3.29. The Hall–Kier alpha value is -2.94. The molecule has 8 nitrogen and oxygen atoms in total. The molecule has 3 N–H and O–H groups in total. The van der Waals surface area contributed by atoms with Crippen molar-refractivity contribution in [2.45, 2.75) is 45.2 Å². The Morgan fingerprint density at radius 1 is 1.13 bits per heavy atom. The fourth-order valence-electron chi connectivity index (χ4n) is 3.29. The number of ether oxygens (including phenoxy) is 2. The van der Waals surface area contributed by atoms with Crippen LogP contribution in [0.2, 0.25) is 0 Å². The molecule has 2 fully saturated rings. The van der Waals surface area contributed by atoms with Crippen molar-refractivity contribution in [3.05, 3.63) is 30.1 Å². The van der Waals surface area contributed by atoms with E-state index in [1.54, 1.807) is 31.0 Å². The summed E-state index contributed by atoms with van der Waals surface area (Å²) in [5.41, 5.74) is 9.10. The molecule has 1 saturated carbocycles. The molecule has 168 valence electrons. The van der Waals surface area contributed by atoms with E-state index in [2.05, 4.69) is 15.3 Å². The number of nitrogen functional groups attached to an aromatic ring is 1. The lowest BCUT2D eigenvalue weighted by molar-refractivity contribution is 0.361. The lowest BCUT2D eigenvalue weighted by atomic mass is 10.2. The molecular weight excluding hydrogens is 399 g/mol. The van der Waals surface area contributed by atoms with Crippen molar-refractivity contribution >= 4 is 11.5 Å². The molecule has 1 saturated heterocycles. The second kappa shape index (κ2) is 10.4. The predicted octanol–water partition coefficient (Wildman–Crippen LogP) is 3.61. The minimum absolute atomic E-state index is 0.343. The number of nitrogens with zero attached hydrogens (tertiary/aromatic N) is 4. The smallest absolute Gasteiger partial charge is 0.166 e. The third kappa shape index (κ3) is 5.22. The number of aromatic nitrogens is 4. The van der Waals surface area contributed by atoms with Crippen molar-refractivity contribution in [1.29, 1.82) is 0 Å². The van der Waals surface area contributed by atoms with Gasteiger partial charge >= 0.3 is 0 Å². The summed E-state index contributed by atoms with van der Waals surface area (Å²) in [6, 6.07) is 5.56. The van der Waals surface area contributed by atoms with E-state index in [1.807, 2.05) is 26.0 Å². The van der Waals surface area contributed by atoms with E-state index in [0.717, 1.165) is 42.2 Å². The highest BCUT2D eigenvalue weighted by atomic mass is 19.1. The Balaban J connectivity index is 0.000000291. The van der Waals surface area contributed by atoms with Crippen LogP contribution in [0, 0.1) is 0 Å². The fraction of sp³-hybridized carbons (Fsp3) is 0.500. The summed E-state index contributed by atoms with van der Waals surface area (Å²) in [4.78, 5) is 8.80. The zero-order valence-corrected chi connectivity index (χ0v) is 18.6. The number of nitrogens with one attached hydrogen (secondary N) is 1. The summed E-state index contributed by atoms with van der Waals surface area (Å²) in [6.07, 6.45) is 4.18. The number of halogens is 1. The molecule has 1 unspecified atom stereocenters. The van der Waals surface area contributed by atoms with E-state index in [9.17, 15) is 4.39 Å². The maximum Gasteiger partial charge on any atom is 0.166 e. The van der Waals surface area contributed by atoms with Crippen LogP contribution >= 0.6 is 0 Å². The first-order valence-corrected chi connectivity index (χ1v) is 10.7. The lowest BCUT2D eigenvalue weighted by Gasteiger charge is -2.09. The number of nitrogens with two attached hydrogens (primary N) is 1. The second-order valence-electron chi connectivity index (χ2n) is 7.16. The number of hydrogen-bond donors (Lipinski definition) is 2. The van der Waals surface area contributed by atoms with E-state index in [4.69, 9.17) is 20.3 Å². The SMILES string of the molecule is CC.COc1ccc(-c2cnc3cc(OC)c(C4CC4)nn23)nc1N.FC1CCNC1. The molecule has 5 rings (SSSR count). The Bertz CT molecular complexity index is 999. The minimum Gasteiger partial charge on any atom is -0.495 e. The van der Waals surface area contributed by atoms with Gasteiger partial charge in [-0.2, -0.15) is 5.10 Å². The number of imidazole rings is 1. The highest BCUT2D eigenvalue weighted by Crippen LogP contribution is 2.43. The summed E-state index contributed by atoms with van der Waals surface area (Å²) < 4.78 is 24.3. The van der Waals surface area contributed by atoms with Crippen molar-refractivity contribution in [1.82, 2.24) is 24.9 Å². The van der Waals surface area contributed by atoms with Gasteiger partial charge in [0.1, 0.15) is 23.3 Å². The molecule has 0 radical (unpaired) electrons. The maximum atomic E-state index is 11.9. The molecule has 3 aromatic rings. The molecule has 31 heavy (non-hydrogen) atoms. The number of pyridine rings is 1. The third-order valence-electron chi connectivity index (χ3n) is 5.04. The molecule has 1 aliphatic carbocycles. The Morgan fingerprint density at radius 3 is 2.39 bits per heavy atom. The number of rotatable bonds is 4. The molecule has 1 atom stereocenters. The zero-order valence-electron chi connectivity index (χ0n) is 18.6. The maximum absolute atomic E-state index is 11.9. The summed E-state index contributed by atoms with van der Waals surface area (Å²) in [6.45, 7) is 5.43. The molecular formula is C22H31FN6O2. The first-order valence-electron chi connectivity index (χ1n) is 10.7. The predicted molar refractivity (Wildman–Crippen MR) is 119 cm³/mol. The van der Waals surface area contributed by atoms with Gasteiger partial charge in [-0.3, -0.25) is 0 Å². The summed E-state index contributed by atoms with van der Waals surface area (Å²) in [5, 5.41) is 7.63. The van der Waals surface area contributed by atoms with E-state index in [0.29, 0.717) is 36.1 Å². The molecule has 0 spiro atoms. The average molecular weight is 431 g/mol. The van der Waals surface area contributed by atoms with Crippen molar-refractivity contribution in [3.8, 4) is 22.9 Å². The first kappa shape index (κ1) is 22.7. The van der Waals surface area contributed by atoms with E-state index in [-0.39, 0.29) is 0 Å². The van der Waals surface area contributed by atoms with Crippen LogP contribution in [0.1, 0.15) is 44.7 Å². The summed E-state index contributed by atoms with van der Waals surface area (Å²) in [7, 11) is 3.23. The molecule has 1 aliphatic heterocycles. The van der Waals surface area contributed by atoms with E-state index in [1.165, 1.54) is 0 Å². The third-order valence-corrected chi connectivity index (χ3v) is 5.04. The van der Waals surface area contributed by atoms with Gasteiger partial charge in [0.2, 0.25) is 0 Å². The van der Waals surface area contributed by atoms with Gasteiger partial charge in [-0.15, -0.1) is 0 Å². The quantitative estimate of drug-likeness (QED) is 0.652. The standard InChI is InChI=1S/C16H17N5O2.C4H8FN.C2H6/c1-22-12-6-5-10(19-16(12)17)11-8-18-14-7-13(23-2)15(9-3-4-9)20-21(11)14;5-4-1-2-6-3-4;1-2/h5-9H,3-4H2,1-2H3,(H2,17,19);4,6H,1-3H2;1-2H3. The summed E-state index contributed by atoms with van der Waals surface area (Å²) >= 11 is 0. The number of anilines is 1. The van der Waals surface area contributed by atoms with Gasteiger partial charge in [0.15, 0.2) is 17.2 Å². The monoisotopic (exact) mass is 430 g/mol. The molecule has 0 amide bonds. The number of alkyl halides is 1. The summed E-state index contributed by atoms with van der Waals surface area (Å²) in [5.74, 6) is 2.16. The highest BCUT2D eigenvalue weighted by Gasteiger charge is 2.29. The number of methoxy groups -OCH3 is 2. The van der Waals surface area contributed by atoms with Crippen LogP contribution in [-0.2, 0) is 0 Å². The number of hydrogen-bond acceptors (Lipinski definition) is 7. The molecule has 2 aliphatic rings. The first-order chi connectivity index (χ1) is 15.1. The lowest BCUT2D eigenvalue weighted by Crippen LogP contribution is -2.08. The van der Waals surface area contributed by atoms with Gasteiger partial charge in [0.25, 0.3) is 0 Å². The minimum atomic E-state index is -0.565. The van der Waals surface area contributed by atoms with Crippen LogP contribution in [0.25, 0.3) is 17.0 Å². The average Bonchev–Trinajstić information content (AvgIpc) is 3.39. The van der Waals surface area contributed by atoms with Gasteiger partial charge in [-0.25, -0.2) is 18.9 Å².